The number of aliphatic hydroxyl groups is 1. The Balaban J connectivity index is 1.69. The van der Waals surface area contributed by atoms with Gasteiger partial charge in [-0.1, -0.05) is 42.5 Å². The van der Waals surface area contributed by atoms with Crippen LogP contribution in [0.1, 0.15) is 6.42 Å². The molecule has 1 saturated carbocycles. The van der Waals surface area contributed by atoms with Crippen LogP contribution in [-0.4, -0.2) is 34.1 Å². The number of amides is 1. The highest BCUT2D eigenvalue weighted by Gasteiger charge is 2.43. The van der Waals surface area contributed by atoms with Gasteiger partial charge in [0.1, 0.15) is 5.75 Å². The van der Waals surface area contributed by atoms with E-state index < -0.39 is 10.8 Å². The summed E-state index contributed by atoms with van der Waals surface area (Å²) in [7, 11) is -1.30. The van der Waals surface area contributed by atoms with Gasteiger partial charge in [0, 0.05) is 11.4 Å². The molecule has 0 aromatic rings. The Hall–Kier alpha value is -1.46. The highest BCUT2D eigenvalue weighted by atomic mass is 32.2. The number of carbonyl (C=O) groups is 1. The Morgan fingerprint density at radius 2 is 2.00 bits per heavy atom. The minimum atomic E-state index is -1.30. The van der Waals surface area contributed by atoms with Gasteiger partial charge in [-0.15, -0.1) is 0 Å². The monoisotopic (exact) mass is 319 g/mol. The van der Waals surface area contributed by atoms with Crippen LogP contribution in [0.3, 0.4) is 0 Å². The fourth-order valence-electron chi connectivity index (χ4n) is 3.70. The van der Waals surface area contributed by atoms with E-state index in [1.807, 2.05) is 12.2 Å². The predicted octanol–water partition coefficient (Wildman–Crippen LogP) is 1.29. The van der Waals surface area contributed by atoms with Crippen LogP contribution in [0.4, 0.5) is 0 Å². The van der Waals surface area contributed by atoms with E-state index in [4.69, 9.17) is 5.11 Å². The van der Waals surface area contributed by atoms with Crippen molar-refractivity contribution in [3.05, 3.63) is 47.4 Å². The van der Waals surface area contributed by atoms with E-state index in [0.29, 0.717) is 17.8 Å². The molecular formula is C17H21NO3S. The molecule has 0 spiro atoms. The predicted molar refractivity (Wildman–Crippen MR) is 87.2 cm³/mol. The van der Waals surface area contributed by atoms with Crippen LogP contribution in [0, 0.1) is 23.7 Å². The summed E-state index contributed by atoms with van der Waals surface area (Å²) in [6.07, 6.45) is 15.8. The summed E-state index contributed by atoms with van der Waals surface area (Å²) < 4.78 is 12.6. The molecular weight excluding hydrogens is 298 g/mol. The Morgan fingerprint density at radius 3 is 2.82 bits per heavy atom. The molecule has 0 bridgehead atoms. The molecule has 0 saturated heterocycles. The average Bonchev–Trinajstić information content (AvgIpc) is 2.91. The molecule has 4 nitrogen and oxygen atoms in total. The summed E-state index contributed by atoms with van der Waals surface area (Å²) in [5, 5.41) is 11.3. The Bertz CT molecular complexity index is 591. The van der Waals surface area contributed by atoms with Crippen molar-refractivity contribution in [2.45, 2.75) is 6.42 Å². The number of hydrogen-bond acceptors (Lipinski definition) is 3. The van der Waals surface area contributed by atoms with Crippen LogP contribution in [0.25, 0.3) is 0 Å². The van der Waals surface area contributed by atoms with Crippen LogP contribution in [0.5, 0.6) is 0 Å². The number of nitrogens with one attached hydrogen (secondary N) is 1. The molecule has 5 heteroatoms. The van der Waals surface area contributed by atoms with Gasteiger partial charge in [0.2, 0.25) is 5.91 Å². The minimum Gasteiger partial charge on any atom is -0.395 e. The van der Waals surface area contributed by atoms with Crippen molar-refractivity contribution in [2.75, 3.05) is 18.9 Å². The summed E-state index contributed by atoms with van der Waals surface area (Å²) in [4.78, 5) is 12.6. The number of fused-ring (bicyclic) bond motifs is 3. The second kappa shape index (κ2) is 6.75. The molecule has 0 aliphatic heterocycles. The molecule has 22 heavy (non-hydrogen) atoms. The number of hydrogen-bond donors (Lipinski definition) is 2. The summed E-state index contributed by atoms with van der Waals surface area (Å²) in [5.74, 6) is 1.34. The first-order valence-electron chi connectivity index (χ1n) is 7.70. The van der Waals surface area contributed by atoms with Gasteiger partial charge in [-0.2, -0.15) is 0 Å². The molecule has 0 aromatic heterocycles. The highest BCUT2D eigenvalue weighted by molar-refractivity contribution is 7.89. The number of aliphatic hydroxyl groups excluding tert-OH is 1. The van der Waals surface area contributed by atoms with Crippen LogP contribution >= 0.6 is 0 Å². The van der Waals surface area contributed by atoms with Crippen LogP contribution in [0.2, 0.25) is 0 Å². The summed E-state index contributed by atoms with van der Waals surface area (Å²) >= 11 is 0. The van der Waals surface area contributed by atoms with Crippen molar-refractivity contribution in [3.8, 4) is 0 Å². The molecule has 5 unspecified atom stereocenters. The lowest BCUT2D eigenvalue weighted by molar-refractivity contribution is -0.118. The molecule has 3 aliphatic rings. The van der Waals surface area contributed by atoms with E-state index >= 15 is 0 Å². The van der Waals surface area contributed by atoms with Crippen LogP contribution < -0.4 is 5.32 Å². The van der Waals surface area contributed by atoms with Crippen molar-refractivity contribution < 1.29 is 14.1 Å². The minimum absolute atomic E-state index is 0.0239. The second-order valence-electron chi connectivity index (χ2n) is 5.95. The molecule has 2 N–H and O–H groups in total. The van der Waals surface area contributed by atoms with E-state index in [1.54, 1.807) is 0 Å². The molecule has 1 amide bonds. The fourth-order valence-corrected chi connectivity index (χ4v) is 5.03. The van der Waals surface area contributed by atoms with Crippen molar-refractivity contribution in [2.24, 2.45) is 23.7 Å². The van der Waals surface area contributed by atoms with Crippen LogP contribution in [-0.2, 0) is 15.6 Å². The highest BCUT2D eigenvalue weighted by Crippen LogP contribution is 2.50. The SMILES string of the molecule is O=C(CS(=O)C1=CC=CC2C1CC1C=CC=CC12)NCCO. The summed E-state index contributed by atoms with van der Waals surface area (Å²) in [6, 6.07) is 0. The zero-order valence-electron chi connectivity index (χ0n) is 12.4. The summed E-state index contributed by atoms with van der Waals surface area (Å²) in [5.41, 5.74) is 0. The third-order valence-corrected chi connectivity index (χ3v) is 6.14. The largest absolute Gasteiger partial charge is 0.395 e. The number of allylic oxidation sites excluding steroid dienone is 8. The van der Waals surface area contributed by atoms with E-state index in [2.05, 4.69) is 35.7 Å². The first-order valence-corrected chi connectivity index (χ1v) is 9.02. The number of carbonyl (C=O) groups excluding carboxylic acids is 1. The van der Waals surface area contributed by atoms with Gasteiger partial charge in [0.15, 0.2) is 0 Å². The van der Waals surface area contributed by atoms with E-state index in [-0.39, 0.29) is 30.7 Å². The molecule has 5 atom stereocenters. The first kappa shape index (κ1) is 15.4. The molecule has 118 valence electrons. The van der Waals surface area contributed by atoms with Crippen molar-refractivity contribution in [3.63, 3.8) is 0 Å². The first-order chi connectivity index (χ1) is 10.7. The van der Waals surface area contributed by atoms with Crippen molar-refractivity contribution in [1.82, 2.24) is 5.32 Å². The van der Waals surface area contributed by atoms with Crippen molar-refractivity contribution in [1.29, 1.82) is 0 Å². The quantitative estimate of drug-likeness (QED) is 0.802. The maximum absolute atomic E-state index is 12.6. The molecule has 0 radical (unpaired) electrons. The Kier molecular flexibility index (Phi) is 4.74. The Morgan fingerprint density at radius 1 is 1.23 bits per heavy atom. The van der Waals surface area contributed by atoms with Gasteiger partial charge >= 0.3 is 0 Å². The van der Waals surface area contributed by atoms with E-state index in [1.165, 1.54) is 0 Å². The zero-order chi connectivity index (χ0) is 15.5. The molecule has 1 fully saturated rings. The molecule has 3 aliphatic carbocycles. The van der Waals surface area contributed by atoms with Crippen molar-refractivity contribution >= 4 is 16.7 Å². The molecule has 3 rings (SSSR count). The fraction of sp³-hybridized carbons (Fsp3) is 0.471. The van der Waals surface area contributed by atoms with Gasteiger partial charge in [0.05, 0.1) is 17.4 Å². The lowest BCUT2D eigenvalue weighted by atomic mass is 9.83. The van der Waals surface area contributed by atoms with Crippen LogP contribution in [0.15, 0.2) is 47.4 Å². The summed E-state index contributed by atoms with van der Waals surface area (Å²) in [6.45, 7) is 0.108. The third-order valence-electron chi connectivity index (χ3n) is 4.65. The lowest BCUT2D eigenvalue weighted by Crippen LogP contribution is -2.32. The van der Waals surface area contributed by atoms with Gasteiger partial charge in [-0.05, 0) is 30.1 Å². The third kappa shape index (κ3) is 3.01. The standard InChI is InChI=1S/C17H21NO3S/c19-9-8-18-17(20)11-22(21)16-7-3-6-14-13-5-2-1-4-12(13)10-15(14)16/h1-7,12-15,19H,8-11H2,(H,18,20). The maximum atomic E-state index is 12.6. The zero-order valence-corrected chi connectivity index (χ0v) is 13.2. The number of rotatable bonds is 5. The normalized spacial score (nSPS) is 33.0. The second-order valence-corrected chi connectivity index (χ2v) is 7.40. The van der Waals surface area contributed by atoms with E-state index in [9.17, 15) is 9.00 Å². The maximum Gasteiger partial charge on any atom is 0.233 e. The van der Waals surface area contributed by atoms with Gasteiger partial charge in [-0.25, -0.2) is 0 Å². The topological polar surface area (TPSA) is 66.4 Å². The molecule has 0 aromatic carbocycles. The smallest absolute Gasteiger partial charge is 0.233 e. The van der Waals surface area contributed by atoms with Gasteiger partial charge in [-0.3, -0.25) is 9.00 Å². The van der Waals surface area contributed by atoms with E-state index in [0.717, 1.165) is 11.3 Å². The molecule has 0 heterocycles. The van der Waals surface area contributed by atoms with Gasteiger partial charge < -0.3 is 10.4 Å². The lowest BCUT2D eigenvalue weighted by Gasteiger charge is -2.25. The van der Waals surface area contributed by atoms with Gasteiger partial charge in [0.25, 0.3) is 0 Å². The average molecular weight is 319 g/mol. The Labute approximate surface area is 133 Å².